The number of H-pyrrole nitrogens is 1. The van der Waals surface area contributed by atoms with Crippen LogP contribution in [0, 0.1) is 11.3 Å². The number of nitrogens with zero attached hydrogens (tertiary/aromatic N) is 2. The van der Waals surface area contributed by atoms with E-state index in [1.165, 1.54) is 11.3 Å². The smallest absolute Gasteiger partial charge is 0.0991 e. The standard InChI is InChI=1S/C16H17N3/c1-2-19-7-5-13(6-8-19)16-10-14-9-12(11-17)3-4-15(14)18-16/h3-5,9-10,18H,2,6-8H2,1H3. The van der Waals surface area contributed by atoms with Crippen molar-refractivity contribution >= 4 is 16.5 Å². The lowest BCUT2D eigenvalue weighted by Crippen LogP contribution is -2.28. The summed E-state index contributed by atoms with van der Waals surface area (Å²) in [7, 11) is 0. The molecule has 0 spiro atoms. The molecule has 0 saturated heterocycles. The first-order chi connectivity index (χ1) is 9.30. The maximum Gasteiger partial charge on any atom is 0.0991 e. The van der Waals surface area contributed by atoms with E-state index < -0.39 is 0 Å². The topological polar surface area (TPSA) is 42.8 Å². The largest absolute Gasteiger partial charge is 0.355 e. The van der Waals surface area contributed by atoms with Crippen molar-refractivity contribution in [2.45, 2.75) is 13.3 Å². The molecule has 96 valence electrons. The van der Waals surface area contributed by atoms with Gasteiger partial charge in [0.05, 0.1) is 11.6 Å². The number of aromatic nitrogens is 1. The highest BCUT2D eigenvalue weighted by molar-refractivity contribution is 5.86. The van der Waals surface area contributed by atoms with Gasteiger partial charge in [0.15, 0.2) is 0 Å². The summed E-state index contributed by atoms with van der Waals surface area (Å²) in [5.41, 5.74) is 4.40. The number of fused-ring (bicyclic) bond motifs is 1. The fraction of sp³-hybridized carbons (Fsp3) is 0.312. The highest BCUT2D eigenvalue weighted by atomic mass is 15.1. The highest BCUT2D eigenvalue weighted by Gasteiger charge is 2.13. The summed E-state index contributed by atoms with van der Waals surface area (Å²) >= 11 is 0. The predicted octanol–water partition coefficient (Wildman–Crippen LogP) is 3.15. The molecule has 19 heavy (non-hydrogen) atoms. The Morgan fingerprint density at radius 2 is 2.26 bits per heavy atom. The SMILES string of the molecule is CCN1CC=C(c2cc3cc(C#N)ccc3[nH]2)CC1. The van der Waals surface area contributed by atoms with Crippen molar-refractivity contribution in [1.29, 1.82) is 5.26 Å². The second-order valence-electron chi connectivity index (χ2n) is 4.97. The van der Waals surface area contributed by atoms with Crippen molar-refractivity contribution in [2.24, 2.45) is 0 Å². The molecule has 0 amide bonds. The van der Waals surface area contributed by atoms with Gasteiger partial charge in [0.1, 0.15) is 0 Å². The van der Waals surface area contributed by atoms with Crippen LogP contribution in [0.1, 0.15) is 24.6 Å². The Bertz CT molecular complexity index is 673. The van der Waals surface area contributed by atoms with Crippen LogP contribution in [-0.2, 0) is 0 Å². The number of nitriles is 1. The number of hydrogen-bond donors (Lipinski definition) is 1. The van der Waals surface area contributed by atoms with Gasteiger partial charge in [-0.1, -0.05) is 13.0 Å². The Morgan fingerprint density at radius 1 is 1.37 bits per heavy atom. The molecule has 2 aromatic rings. The van der Waals surface area contributed by atoms with Crippen molar-refractivity contribution in [3.05, 3.63) is 41.6 Å². The van der Waals surface area contributed by atoms with Crippen LogP contribution < -0.4 is 0 Å². The van der Waals surface area contributed by atoms with Crippen LogP contribution >= 0.6 is 0 Å². The molecule has 1 aliphatic heterocycles. The van der Waals surface area contributed by atoms with Gasteiger partial charge in [-0.25, -0.2) is 0 Å². The lowest BCUT2D eigenvalue weighted by Gasteiger charge is -2.24. The predicted molar refractivity (Wildman–Crippen MR) is 77.7 cm³/mol. The van der Waals surface area contributed by atoms with E-state index in [2.05, 4.69) is 35.0 Å². The van der Waals surface area contributed by atoms with Crippen LogP contribution in [-0.4, -0.2) is 29.5 Å². The molecule has 0 aliphatic carbocycles. The minimum atomic E-state index is 0.716. The summed E-state index contributed by atoms with van der Waals surface area (Å²) in [6.45, 7) is 5.47. The Labute approximate surface area is 113 Å². The van der Waals surface area contributed by atoms with E-state index in [-0.39, 0.29) is 0 Å². The van der Waals surface area contributed by atoms with Crippen LogP contribution in [0.15, 0.2) is 30.3 Å². The minimum absolute atomic E-state index is 0.716. The number of nitrogens with one attached hydrogen (secondary N) is 1. The van der Waals surface area contributed by atoms with Gasteiger partial charge in [0.2, 0.25) is 0 Å². The molecule has 0 unspecified atom stereocenters. The fourth-order valence-corrected chi connectivity index (χ4v) is 2.62. The zero-order chi connectivity index (χ0) is 13.2. The number of benzene rings is 1. The van der Waals surface area contributed by atoms with E-state index in [4.69, 9.17) is 5.26 Å². The van der Waals surface area contributed by atoms with E-state index in [0.29, 0.717) is 5.56 Å². The van der Waals surface area contributed by atoms with E-state index in [0.717, 1.165) is 37.0 Å². The Morgan fingerprint density at radius 3 is 2.95 bits per heavy atom. The van der Waals surface area contributed by atoms with Crippen LogP contribution in [0.5, 0.6) is 0 Å². The maximum absolute atomic E-state index is 8.93. The second-order valence-corrected chi connectivity index (χ2v) is 4.97. The molecule has 0 atom stereocenters. The molecule has 2 heterocycles. The molecule has 1 aliphatic rings. The normalized spacial score (nSPS) is 16.3. The third-order valence-electron chi connectivity index (χ3n) is 3.84. The van der Waals surface area contributed by atoms with Crippen molar-refractivity contribution in [3.63, 3.8) is 0 Å². The first-order valence-electron chi connectivity index (χ1n) is 6.75. The molecule has 0 radical (unpaired) electrons. The third-order valence-corrected chi connectivity index (χ3v) is 3.84. The van der Waals surface area contributed by atoms with Crippen molar-refractivity contribution in [1.82, 2.24) is 9.88 Å². The van der Waals surface area contributed by atoms with E-state index in [1.807, 2.05) is 18.2 Å². The van der Waals surface area contributed by atoms with Crippen molar-refractivity contribution < 1.29 is 0 Å². The Kier molecular flexibility index (Phi) is 3.10. The molecule has 0 saturated carbocycles. The first-order valence-corrected chi connectivity index (χ1v) is 6.75. The molecular weight excluding hydrogens is 234 g/mol. The molecule has 1 aromatic carbocycles. The summed E-state index contributed by atoms with van der Waals surface area (Å²) in [6.07, 6.45) is 3.40. The Balaban J connectivity index is 1.94. The van der Waals surface area contributed by atoms with Gasteiger partial charge >= 0.3 is 0 Å². The lowest BCUT2D eigenvalue weighted by atomic mass is 10.0. The molecule has 1 aromatic heterocycles. The van der Waals surface area contributed by atoms with Crippen molar-refractivity contribution in [2.75, 3.05) is 19.6 Å². The van der Waals surface area contributed by atoms with Crippen LogP contribution in [0.25, 0.3) is 16.5 Å². The van der Waals surface area contributed by atoms with Gasteiger partial charge in [-0.3, -0.25) is 4.90 Å². The number of hydrogen-bond acceptors (Lipinski definition) is 2. The van der Waals surface area contributed by atoms with Gasteiger partial charge in [-0.15, -0.1) is 0 Å². The molecule has 0 fully saturated rings. The summed E-state index contributed by atoms with van der Waals surface area (Å²) in [6, 6.07) is 10.1. The van der Waals surface area contributed by atoms with Gasteiger partial charge < -0.3 is 4.98 Å². The molecule has 3 heteroatoms. The number of rotatable bonds is 2. The summed E-state index contributed by atoms with van der Waals surface area (Å²) in [5, 5.41) is 10.1. The van der Waals surface area contributed by atoms with E-state index >= 15 is 0 Å². The highest BCUT2D eigenvalue weighted by Crippen LogP contribution is 2.26. The molecule has 3 rings (SSSR count). The van der Waals surface area contributed by atoms with Crippen LogP contribution in [0.3, 0.4) is 0 Å². The van der Waals surface area contributed by atoms with E-state index in [1.54, 1.807) is 0 Å². The summed E-state index contributed by atoms with van der Waals surface area (Å²) in [5.74, 6) is 0. The first kappa shape index (κ1) is 12.0. The summed E-state index contributed by atoms with van der Waals surface area (Å²) < 4.78 is 0. The lowest BCUT2D eigenvalue weighted by molar-refractivity contribution is 0.318. The minimum Gasteiger partial charge on any atom is -0.355 e. The molecule has 0 bridgehead atoms. The average molecular weight is 251 g/mol. The second kappa shape index (κ2) is 4.91. The molecule has 3 nitrogen and oxygen atoms in total. The molecule has 1 N–H and O–H groups in total. The fourth-order valence-electron chi connectivity index (χ4n) is 2.62. The van der Waals surface area contributed by atoms with Gasteiger partial charge in [0.25, 0.3) is 0 Å². The van der Waals surface area contributed by atoms with Crippen LogP contribution in [0.4, 0.5) is 0 Å². The zero-order valence-electron chi connectivity index (χ0n) is 11.1. The van der Waals surface area contributed by atoms with E-state index in [9.17, 15) is 0 Å². The van der Waals surface area contributed by atoms with Gasteiger partial charge in [-0.05, 0) is 42.8 Å². The molecular formula is C16H17N3. The monoisotopic (exact) mass is 251 g/mol. The average Bonchev–Trinajstić information content (AvgIpc) is 2.90. The number of likely N-dealkylation sites (N-methyl/N-ethyl adjacent to an activating group) is 1. The van der Waals surface area contributed by atoms with Crippen LogP contribution in [0.2, 0.25) is 0 Å². The third kappa shape index (κ3) is 2.27. The van der Waals surface area contributed by atoms with Gasteiger partial charge in [-0.2, -0.15) is 5.26 Å². The van der Waals surface area contributed by atoms with Gasteiger partial charge in [0, 0.05) is 29.7 Å². The zero-order valence-corrected chi connectivity index (χ0v) is 11.1. The number of aromatic amines is 1. The maximum atomic E-state index is 8.93. The van der Waals surface area contributed by atoms with Crippen molar-refractivity contribution in [3.8, 4) is 6.07 Å². The Hall–Kier alpha value is -2.05. The quantitative estimate of drug-likeness (QED) is 0.891. The summed E-state index contributed by atoms with van der Waals surface area (Å²) in [4.78, 5) is 5.88.